The Hall–Kier alpha value is -1.82. The molecule has 0 spiro atoms. The number of nitrogen functional groups attached to an aromatic ring is 1. The smallest absolute Gasteiger partial charge is 0.292 e. The highest BCUT2D eigenvalue weighted by atomic mass is 16.6. The molecular weight excluding hydrogens is 246 g/mol. The molecule has 0 amide bonds. The van der Waals surface area contributed by atoms with Gasteiger partial charge in [0.25, 0.3) is 5.69 Å². The number of benzene rings is 1. The highest BCUT2D eigenvalue weighted by molar-refractivity contribution is 5.65. The van der Waals surface area contributed by atoms with E-state index in [0.29, 0.717) is 12.2 Å². The molecule has 106 valence electrons. The average molecular weight is 267 g/mol. The number of aliphatic hydroxyl groups is 1. The molecule has 1 rings (SSSR count). The summed E-state index contributed by atoms with van der Waals surface area (Å²) in [6.45, 7) is 4.49. The third-order valence-corrected chi connectivity index (χ3v) is 3.33. The lowest BCUT2D eigenvalue weighted by atomic mass is 9.96. The minimum atomic E-state index is -0.516. The van der Waals surface area contributed by atoms with E-state index in [-0.39, 0.29) is 17.3 Å². The van der Waals surface area contributed by atoms with Gasteiger partial charge in [-0.05, 0) is 18.1 Å². The van der Waals surface area contributed by atoms with E-state index in [4.69, 9.17) is 5.73 Å². The lowest BCUT2D eigenvalue weighted by Gasteiger charge is -2.20. The molecule has 4 N–H and O–H groups in total. The summed E-state index contributed by atoms with van der Waals surface area (Å²) >= 11 is 0. The Kier molecular flexibility index (Phi) is 5.57. The van der Waals surface area contributed by atoms with Crippen molar-refractivity contribution in [2.45, 2.75) is 32.8 Å². The molecule has 1 aromatic carbocycles. The summed E-state index contributed by atoms with van der Waals surface area (Å²) < 4.78 is 0. The molecule has 0 aliphatic heterocycles. The maximum absolute atomic E-state index is 10.6. The molecule has 19 heavy (non-hydrogen) atoms. The third-order valence-electron chi connectivity index (χ3n) is 3.33. The zero-order valence-electron chi connectivity index (χ0n) is 11.3. The van der Waals surface area contributed by atoms with Crippen molar-refractivity contribution < 1.29 is 10.0 Å². The molecule has 0 aromatic heterocycles. The van der Waals surface area contributed by atoms with Gasteiger partial charge in [-0.2, -0.15) is 0 Å². The van der Waals surface area contributed by atoms with Crippen molar-refractivity contribution in [3.05, 3.63) is 28.3 Å². The summed E-state index contributed by atoms with van der Waals surface area (Å²) in [5, 5.41) is 23.7. The molecule has 0 aliphatic rings. The first-order chi connectivity index (χ1) is 8.99. The van der Waals surface area contributed by atoms with Crippen molar-refractivity contribution in [3.63, 3.8) is 0 Å². The molecule has 1 atom stereocenters. The van der Waals surface area contributed by atoms with Gasteiger partial charge >= 0.3 is 0 Å². The number of nitrogens with two attached hydrogens (primary N) is 1. The average Bonchev–Trinajstić information content (AvgIpc) is 2.37. The van der Waals surface area contributed by atoms with Gasteiger partial charge in [0.15, 0.2) is 0 Å². The fourth-order valence-corrected chi connectivity index (χ4v) is 2.05. The van der Waals surface area contributed by atoms with Gasteiger partial charge in [-0.15, -0.1) is 0 Å². The third kappa shape index (κ3) is 4.10. The maximum atomic E-state index is 10.6. The topological polar surface area (TPSA) is 101 Å². The number of anilines is 2. The van der Waals surface area contributed by atoms with Crippen molar-refractivity contribution in [2.24, 2.45) is 5.92 Å². The molecule has 1 unspecified atom stereocenters. The summed E-state index contributed by atoms with van der Waals surface area (Å²) in [6.07, 6.45) is 1.40. The monoisotopic (exact) mass is 267 g/mol. The van der Waals surface area contributed by atoms with Crippen molar-refractivity contribution >= 4 is 17.1 Å². The Bertz CT molecular complexity index is 433. The van der Waals surface area contributed by atoms with Gasteiger partial charge in [0.2, 0.25) is 0 Å². The van der Waals surface area contributed by atoms with Crippen LogP contribution in [0.2, 0.25) is 0 Å². The van der Waals surface area contributed by atoms with Crippen LogP contribution >= 0.6 is 0 Å². The number of hydrogen-bond acceptors (Lipinski definition) is 5. The van der Waals surface area contributed by atoms with Crippen LogP contribution in [0.1, 0.15) is 26.7 Å². The van der Waals surface area contributed by atoms with Crippen LogP contribution in [0.3, 0.4) is 0 Å². The highest BCUT2D eigenvalue weighted by Crippen LogP contribution is 2.24. The zero-order chi connectivity index (χ0) is 14.4. The van der Waals surface area contributed by atoms with E-state index in [1.807, 2.05) is 13.8 Å². The first kappa shape index (κ1) is 15.2. The number of nitrogens with one attached hydrogen (secondary N) is 1. The first-order valence-electron chi connectivity index (χ1n) is 6.45. The summed E-state index contributed by atoms with van der Waals surface area (Å²) in [6, 6.07) is 4.47. The number of hydrogen-bond donors (Lipinski definition) is 3. The van der Waals surface area contributed by atoms with E-state index in [1.54, 1.807) is 6.07 Å². The molecule has 0 bridgehead atoms. The van der Waals surface area contributed by atoms with E-state index in [9.17, 15) is 15.2 Å². The van der Waals surface area contributed by atoms with E-state index in [2.05, 4.69) is 5.32 Å². The van der Waals surface area contributed by atoms with Crippen LogP contribution in [0, 0.1) is 16.0 Å². The number of nitro benzene ring substituents is 1. The van der Waals surface area contributed by atoms with Crippen LogP contribution in [0.15, 0.2) is 18.2 Å². The van der Waals surface area contributed by atoms with Crippen LogP contribution in [-0.2, 0) is 0 Å². The van der Waals surface area contributed by atoms with E-state index in [0.717, 1.165) is 12.8 Å². The Morgan fingerprint density at radius 3 is 2.53 bits per heavy atom. The predicted molar refractivity (Wildman–Crippen MR) is 76.1 cm³/mol. The second kappa shape index (κ2) is 6.94. The number of aliphatic hydroxyl groups excluding tert-OH is 1. The predicted octanol–water partition coefficient (Wildman–Crippen LogP) is 2.39. The minimum Gasteiger partial charge on any atom is -0.393 e. The fraction of sp³-hybridized carbons (Fsp3) is 0.538. The summed E-state index contributed by atoms with van der Waals surface area (Å²) in [5.41, 5.74) is 6.28. The Morgan fingerprint density at radius 1 is 1.42 bits per heavy atom. The summed E-state index contributed by atoms with van der Waals surface area (Å²) in [7, 11) is 0. The SMILES string of the molecule is CCC(CC)C(O)CNc1ccc([N+](=O)[O-])c(N)c1. The molecule has 0 radical (unpaired) electrons. The van der Waals surface area contributed by atoms with E-state index < -0.39 is 11.0 Å². The molecule has 0 aliphatic carbocycles. The van der Waals surface area contributed by atoms with Crippen LogP contribution < -0.4 is 11.1 Å². The van der Waals surface area contributed by atoms with Crippen LogP contribution in [-0.4, -0.2) is 22.7 Å². The molecule has 0 saturated carbocycles. The second-order valence-corrected chi connectivity index (χ2v) is 4.56. The Labute approximate surface area is 112 Å². The van der Waals surface area contributed by atoms with Gasteiger partial charge in [0.05, 0.1) is 11.0 Å². The molecule has 0 saturated heterocycles. The largest absolute Gasteiger partial charge is 0.393 e. The Balaban J connectivity index is 2.64. The van der Waals surface area contributed by atoms with Gasteiger partial charge in [-0.3, -0.25) is 10.1 Å². The van der Waals surface area contributed by atoms with Crippen molar-refractivity contribution in [2.75, 3.05) is 17.6 Å². The number of nitro groups is 1. The van der Waals surface area contributed by atoms with Gasteiger partial charge < -0.3 is 16.2 Å². The lowest BCUT2D eigenvalue weighted by Crippen LogP contribution is -2.27. The number of nitrogens with zero attached hydrogens (tertiary/aromatic N) is 1. The minimum absolute atomic E-state index is 0.105. The quantitative estimate of drug-likeness (QED) is 0.400. The van der Waals surface area contributed by atoms with Gasteiger partial charge in [0.1, 0.15) is 5.69 Å². The first-order valence-corrected chi connectivity index (χ1v) is 6.45. The summed E-state index contributed by atoms with van der Waals surface area (Å²) in [4.78, 5) is 10.1. The molecule has 6 nitrogen and oxygen atoms in total. The van der Waals surface area contributed by atoms with Crippen LogP contribution in [0.5, 0.6) is 0 Å². The molecule has 6 heteroatoms. The second-order valence-electron chi connectivity index (χ2n) is 4.56. The van der Waals surface area contributed by atoms with E-state index >= 15 is 0 Å². The summed E-state index contributed by atoms with van der Waals surface area (Å²) in [5.74, 6) is 0.253. The van der Waals surface area contributed by atoms with Gasteiger partial charge in [0, 0.05) is 18.3 Å². The van der Waals surface area contributed by atoms with Crippen LogP contribution in [0.25, 0.3) is 0 Å². The Morgan fingerprint density at radius 2 is 2.05 bits per heavy atom. The molecule has 0 fully saturated rings. The molecular formula is C13H21N3O3. The number of rotatable bonds is 7. The van der Waals surface area contributed by atoms with Crippen LogP contribution in [0.4, 0.5) is 17.1 Å². The van der Waals surface area contributed by atoms with E-state index in [1.165, 1.54) is 12.1 Å². The highest BCUT2D eigenvalue weighted by Gasteiger charge is 2.16. The standard InChI is InChI=1S/C13H21N3O3/c1-3-9(4-2)13(17)8-15-10-5-6-12(16(18)19)11(14)7-10/h5-7,9,13,15,17H,3-4,8,14H2,1-2H3. The molecule has 0 heterocycles. The maximum Gasteiger partial charge on any atom is 0.292 e. The van der Waals surface area contributed by atoms with Crippen molar-refractivity contribution in [1.29, 1.82) is 0 Å². The fourth-order valence-electron chi connectivity index (χ4n) is 2.05. The van der Waals surface area contributed by atoms with Crippen molar-refractivity contribution in [3.8, 4) is 0 Å². The molecule has 1 aromatic rings. The van der Waals surface area contributed by atoms with Gasteiger partial charge in [-0.1, -0.05) is 26.7 Å². The lowest BCUT2D eigenvalue weighted by molar-refractivity contribution is -0.383. The van der Waals surface area contributed by atoms with Crippen molar-refractivity contribution in [1.82, 2.24) is 0 Å². The van der Waals surface area contributed by atoms with Gasteiger partial charge in [-0.25, -0.2) is 0 Å². The zero-order valence-corrected chi connectivity index (χ0v) is 11.3. The normalized spacial score (nSPS) is 12.4.